The zero-order chi connectivity index (χ0) is 17.7. The molecule has 0 radical (unpaired) electrons. The molecule has 1 unspecified atom stereocenters. The number of unbranched alkanes of at least 4 members (excludes halogenated alkanes) is 7. The second-order valence-electron chi connectivity index (χ2n) is 6.66. The maximum absolute atomic E-state index is 11.7. The molecule has 0 rings (SSSR count). The van der Waals surface area contributed by atoms with Crippen LogP contribution in [0.15, 0.2) is 0 Å². The first kappa shape index (κ1) is 26.4. The van der Waals surface area contributed by atoms with Crippen LogP contribution in [0.4, 0.5) is 0 Å². The summed E-state index contributed by atoms with van der Waals surface area (Å²) in [5, 5.41) is 23.5. The molecular weight excluding hydrogens is 332 g/mol. The first-order valence-corrected chi connectivity index (χ1v) is 9.40. The Hall–Kier alpha value is 0.200. The molecule has 0 aromatic carbocycles. The average molecular weight is 367 g/mol. The van der Waals surface area contributed by atoms with Crippen LogP contribution in [0.2, 0.25) is 0 Å². The van der Waals surface area contributed by atoms with Gasteiger partial charge in [-0.3, -0.25) is 0 Å². The fraction of sp³-hybridized carbons (Fsp3) is 0.895. The smallest absolute Gasteiger partial charge is 0.549 e. The van der Waals surface area contributed by atoms with E-state index in [0.29, 0.717) is 19.3 Å². The second-order valence-corrected chi connectivity index (χ2v) is 6.66. The molecule has 136 valence electrons. The molecule has 0 amide bonds. The van der Waals surface area contributed by atoms with Crippen molar-refractivity contribution < 1.29 is 19.8 Å². The standard InChI is InChI=1S/C19H36O4.Ca/c1-4-7-9-10-11-13-15-19(17(20)21,18(22)23)16(6-3)14-12-8-5-2;/h16H,4-15H2,1-3H3,(H,20,21)(H,22,23);/q;+2/p-2. The average Bonchev–Trinajstić information content (AvgIpc) is 2.51. The first-order valence-electron chi connectivity index (χ1n) is 9.40. The minimum Gasteiger partial charge on any atom is -0.549 e. The van der Waals surface area contributed by atoms with Crippen LogP contribution in [0.5, 0.6) is 0 Å². The minimum absolute atomic E-state index is 0. The Morgan fingerprint density at radius 3 is 1.71 bits per heavy atom. The normalized spacial score (nSPS) is 12.5. The number of rotatable bonds is 15. The molecule has 0 aliphatic carbocycles. The van der Waals surface area contributed by atoms with Gasteiger partial charge in [-0.25, -0.2) is 0 Å². The van der Waals surface area contributed by atoms with E-state index in [1.54, 1.807) is 0 Å². The summed E-state index contributed by atoms with van der Waals surface area (Å²) in [5.41, 5.74) is -1.83. The fourth-order valence-electron chi connectivity index (χ4n) is 3.45. The van der Waals surface area contributed by atoms with Gasteiger partial charge in [-0.2, -0.15) is 0 Å². The Labute approximate surface area is 177 Å². The molecule has 5 heteroatoms. The molecule has 0 fully saturated rings. The van der Waals surface area contributed by atoms with Gasteiger partial charge in [0.1, 0.15) is 0 Å². The SMILES string of the molecule is CCCCCCCCC(C(=O)[O-])(C(=O)[O-])C(CC)CCCCC.[Ca+2]. The summed E-state index contributed by atoms with van der Waals surface area (Å²) in [6.07, 6.45) is 10.1. The van der Waals surface area contributed by atoms with E-state index in [4.69, 9.17) is 0 Å². The van der Waals surface area contributed by atoms with Gasteiger partial charge in [0.2, 0.25) is 0 Å². The molecule has 0 heterocycles. The molecule has 24 heavy (non-hydrogen) atoms. The topological polar surface area (TPSA) is 80.3 Å². The van der Waals surface area contributed by atoms with Gasteiger partial charge in [0.15, 0.2) is 0 Å². The summed E-state index contributed by atoms with van der Waals surface area (Å²) < 4.78 is 0. The van der Waals surface area contributed by atoms with Crippen molar-refractivity contribution in [1.82, 2.24) is 0 Å². The van der Waals surface area contributed by atoms with E-state index in [1.807, 2.05) is 6.92 Å². The van der Waals surface area contributed by atoms with Crippen molar-refractivity contribution in [3.8, 4) is 0 Å². The van der Waals surface area contributed by atoms with E-state index < -0.39 is 23.3 Å². The maximum Gasteiger partial charge on any atom is 2.00 e. The zero-order valence-electron chi connectivity index (χ0n) is 15.9. The molecule has 4 nitrogen and oxygen atoms in total. The van der Waals surface area contributed by atoms with Crippen molar-refractivity contribution >= 4 is 49.7 Å². The first-order chi connectivity index (χ1) is 11.0. The summed E-state index contributed by atoms with van der Waals surface area (Å²) in [6, 6.07) is 0. The van der Waals surface area contributed by atoms with E-state index in [0.717, 1.165) is 44.9 Å². The molecule has 0 saturated heterocycles. The number of carboxylic acid groups (broad SMARTS) is 2. The summed E-state index contributed by atoms with van der Waals surface area (Å²) in [6.45, 7) is 6.07. The van der Waals surface area contributed by atoms with Crippen molar-refractivity contribution in [2.24, 2.45) is 11.3 Å². The van der Waals surface area contributed by atoms with Gasteiger partial charge in [-0.15, -0.1) is 0 Å². The Morgan fingerprint density at radius 2 is 1.25 bits per heavy atom. The van der Waals surface area contributed by atoms with E-state index in [-0.39, 0.29) is 44.2 Å². The van der Waals surface area contributed by atoms with Gasteiger partial charge in [0, 0.05) is 0 Å². The summed E-state index contributed by atoms with van der Waals surface area (Å²) >= 11 is 0. The third-order valence-corrected chi connectivity index (χ3v) is 5.00. The van der Waals surface area contributed by atoms with Gasteiger partial charge in [-0.1, -0.05) is 85.0 Å². The van der Waals surface area contributed by atoms with Crippen LogP contribution < -0.4 is 10.2 Å². The molecule has 0 aromatic rings. The number of hydrogen-bond acceptors (Lipinski definition) is 4. The molecule has 0 aromatic heterocycles. The maximum atomic E-state index is 11.7. The van der Waals surface area contributed by atoms with Crippen molar-refractivity contribution in [2.75, 3.05) is 0 Å². The van der Waals surface area contributed by atoms with Gasteiger partial charge >= 0.3 is 37.7 Å². The Balaban J connectivity index is 0. The third kappa shape index (κ3) is 8.53. The van der Waals surface area contributed by atoms with Crippen molar-refractivity contribution in [2.45, 2.75) is 97.8 Å². The fourth-order valence-corrected chi connectivity index (χ4v) is 3.45. The van der Waals surface area contributed by atoms with Gasteiger partial charge < -0.3 is 19.8 Å². The minimum atomic E-state index is -1.83. The second kappa shape index (κ2) is 15.5. The number of carbonyl (C=O) groups excluding carboxylic acids is 2. The van der Waals surface area contributed by atoms with Crippen LogP contribution >= 0.6 is 0 Å². The van der Waals surface area contributed by atoms with Crippen LogP contribution in [0.25, 0.3) is 0 Å². The van der Waals surface area contributed by atoms with Crippen LogP contribution in [0, 0.1) is 11.3 Å². The molecule has 0 spiro atoms. The number of hydrogen-bond donors (Lipinski definition) is 0. The molecule has 1 atom stereocenters. The van der Waals surface area contributed by atoms with E-state index in [9.17, 15) is 19.8 Å². The number of carbonyl (C=O) groups is 2. The molecule has 0 saturated carbocycles. The van der Waals surface area contributed by atoms with Crippen molar-refractivity contribution in [3.05, 3.63) is 0 Å². The Morgan fingerprint density at radius 1 is 0.792 bits per heavy atom. The predicted octanol–water partition coefficient (Wildman–Crippen LogP) is 2.45. The van der Waals surface area contributed by atoms with Gasteiger partial charge in [-0.05, 0) is 18.8 Å². The van der Waals surface area contributed by atoms with Crippen LogP contribution in [0.3, 0.4) is 0 Å². The predicted molar refractivity (Wildman–Crippen MR) is 94.1 cm³/mol. The largest absolute Gasteiger partial charge is 2.00 e. The van der Waals surface area contributed by atoms with E-state index >= 15 is 0 Å². The van der Waals surface area contributed by atoms with Crippen LogP contribution in [0.1, 0.15) is 97.8 Å². The van der Waals surface area contributed by atoms with Gasteiger partial charge in [0.25, 0.3) is 0 Å². The van der Waals surface area contributed by atoms with E-state index in [2.05, 4.69) is 13.8 Å². The molecule has 0 aliphatic rings. The summed E-state index contributed by atoms with van der Waals surface area (Å²) in [4.78, 5) is 23.5. The Bertz CT molecular complexity index is 330. The van der Waals surface area contributed by atoms with Gasteiger partial charge in [0.05, 0.1) is 17.4 Å². The van der Waals surface area contributed by atoms with E-state index in [1.165, 1.54) is 6.42 Å². The molecule has 0 bridgehead atoms. The van der Waals surface area contributed by atoms with Crippen LogP contribution in [-0.4, -0.2) is 49.7 Å². The molecule has 0 aliphatic heterocycles. The monoisotopic (exact) mass is 366 g/mol. The summed E-state index contributed by atoms with van der Waals surface area (Å²) in [7, 11) is 0. The Kier molecular flexibility index (Phi) is 17.0. The zero-order valence-corrected chi connectivity index (χ0v) is 18.1. The quantitative estimate of drug-likeness (QED) is 0.253. The molecular formula is C19H34CaO4. The van der Waals surface area contributed by atoms with Crippen molar-refractivity contribution in [1.29, 1.82) is 0 Å². The van der Waals surface area contributed by atoms with Crippen LogP contribution in [-0.2, 0) is 9.59 Å². The molecule has 0 N–H and O–H groups in total. The number of aliphatic carboxylic acids is 2. The van der Waals surface area contributed by atoms with Crippen molar-refractivity contribution in [3.63, 3.8) is 0 Å². The summed E-state index contributed by atoms with van der Waals surface area (Å²) in [5.74, 6) is -3.33. The third-order valence-electron chi connectivity index (χ3n) is 5.00. The number of carboxylic acids is 2.